The third-order valence-corrected chi connectivity index (χ3v) is 5.86. The van der Waals surface area contributed by atoms with Crippen molar-refractivity contribution in [1.82, 2.24) is 8.87 Å². The molecule has 0 N–H and O–H groups in total. The summed E-state index contributed by atoms with van der Waals surface area (Å²) in [5.74, 6) is -0.177. The van der Waals surface area contributed by atoms with E-state index in [0.29, 0.717) is 5.75 Å². The van der Waals surface area contributed by atoms with E-state index in [1.807, 2.05) is 0 Å². The van der Waals surface area contributed by atoms with Gasteiger partial charge in [0.1, 0.15) is 17.7 Å². The largest absolute Gasteiger partial charge is 0.487 e. The van der Waals surface area contributed by atoms with E-state index >= 15 is 0 Å². The molecule has 0 aliphatic carbocycles. The van der Waals surface area contributed by atoms with Crippen LogP contribution in [0.1, 0.15) is 5.69 Å². The fourth-order valence-corrected chi connectivity index (χ4v) is 3.98. The number of halogens is 1. The van der Waals surface area contributed by atoms with Gasteiger partial charge in [-0.2, -0.15) is 4.31 Å². The van der Waals surface area contributed by atoms with Gasteiger partial charge in [-0.1, -0.05) is 6.07 Å². The van der Waals surface area contributed by atoms with Crippen LogP contribution < -0.4 is 10.3 Å². The molecule has 24 heavy (non-hydrogen) atoms. The second-order valence-electron chi connectivity index (χ2n) is 5.75. The minimum atomic E-state index is -3.73. The van der Waals surface area contributed by atoms with Gasteiger partial charge in [0.25, 0.3) is 5.56 Å². The van der Waals surface area contributed by atoms with Gasteiger partial charge in [0.2, 0.25) is 10.0 Å². The average Bonchev–Trinajstić information content (AvgIpc) is 2.47. The first-order valence-corrected chi connectivity index (χ1v) is 8.81. The van der Waals surface area contributed by atoms with Crippen LogP contribution in [0.25, 0.3) is 0 Å². The van der Waals surface area contributed by atoms with Crippen molar-refractivity contribution in [1.29, 1.82) is 0 Å². The first kappa shape index (κ1) is 16.7. The maximum atomic E-state index is 13.2. The van der Waals surface area contributed by atoms with Crippen molar-refractivity contribution in [3.05, 3.63) is 58.3 Å². The molecule has 6 nitrogen and oxygen atoms in total. The summed E-state index contributed by atoms with van der Waals surface area (Å²) in [6.45, 7) is 2.11. The molecule has 2 aromatic rings. The first-order chi connectivity index (χ1) is 11.3. The van der Waals surface area contributed by atoms with E-state index in [1.54, 1.807) is 20.0 Å². The van der Waals surface area contributed by atoms with Gasteiger partial charge < -0.3 is 9.30 Å². The molecule has 2 heterocycles. The fourth-order valence-electron chi connectivity index (χ4n) is 2.45. The average molecular weight is 352 g/mol. The Morgan fingerprint density at radius 2 is 1.92 bits per heavy atom. The van der Waals surface area contributed by atoms with Crippen molar-refractivity contribution < 1.29 is 17.5 Å². The summed E-state index contributed by atoms with van der Waals surface area (Å²) in [5, 5.41) is 0. The van der Waals surface area contributed by atoms with E-state index in [0.717, 1.165) is 11.8 Å². The number of nitrogens with zero attached hydrogens (tertiary/aromatic N) is 2. The minimum Gasteiger partial charge on any atom is -0.487 e. The highest BCUT2D eigenvalue weighted by atomic mass is 32.2. The quantitative estimate of drug-likeness (QED) is 0.831. The van der Waals surface area contributed by atoms with E-state index < -0.39 is 15.8 Å². The third-order valence-electron chi connectivity index (χ3n) is 4.03. The van der Waals surface area contributed by atoms with Crippen LogP contribution in [0.4, 0.5) is 4.39 Å². The molecule has 0 saturated carbocycles. The SMILES string of the molecule is Cc1cc(OC2CN(S(=O)(=O)c3cccc(F)c3)C2)cc(=O)n1C. The van der Waals surface area contributed by atoms with Crippen LogP contribution >= 0.6 is 0 Å². The lowest BCUT2D eigenvalue weighted by Gasteiger charge is -2.37. The molecule has 8 heteroatoms. The van der Waals surface area contributed by atoms with Gasteiger partial charge in [-0.05, 0) is 31.2 Å². The molecule has 0 atom stereocenters. The molecule has 1 fully saturated rings. The maximum absolute atomic E-state index is 13.2. The van der Waals surface area contributed by atoms with Crippen LogP contribution in [0.3, 0.4) is 0 Å². The van der Waals surface area contributed by atoms with Crippen molar-refractivity contribution >= 4 is 10.0 Å². The highest BCUT2D eigenvalue weighted by Gasteiger charge is 2.38. The van der Waals surface area contributed by atoms with Gasteiger partial charge in [0.15, 0.2) is 0 Å². The zero-order valence-corrected chi connectivity index (χ0v) is 14.1. The zero-order chi connectivity index (χ0) is 17.5. The van der Waals surface area contributed by atoms with Crippen molar-refractivity contribution in [2.75, 3.05) is 13.1 Å². The lowest BCUT2D eigenvalue weighted by Crippen LogP contribution is -2.56. The normalized spacial score (nSPS) is 16.0. The van der Waals surface area contributed by atoms with Crippen LogP contribution in [0.2, 0.25) is 0 Å². The molecule has 0 unspecified atom stereocenters. The van der Waals surface area contributed by atoms with Gasteiger partial charge in [0, 0.05) is 18.8 Å². The number of aromatic nitrogens is 1. The van der Waals surface area contributed by atoms with Crippen molar-refractivity contribution in [3.63, 3.8) is 0 Å². The number of sulfonamides is 1. The monoisotopic (exact) mass is 352 g/mol. The van der Waals surface area contributed by atoms with Gasteiger partial charge in [-0.25, -0.2) is 12.8 Å². The van der Waals surface area contributed by atoms with E-state index in [4.69, 9.17) is 4.74 Å². The first-order valence-electron chi connectivity index (χ1n) is 7.37. The highest BCUT2D eigenvalue weighted by Crippen LogP contribution is 2.25. The van der Waals surface area contributed by atoms with Gasteiger partial charge in [-0.15, -0.1) is 0 Å². The molecule has 0 amide bonds. The summed E-state index contributed by atoms with van der Waals surface area (Å²) in [7, 11) is -2.06. The second kappa shape index (κ2) is 6.03. The highest BCUT2D eigenvalue weighted by molar-refractivity contribution is 7.89. The summed E-state index contributed by atoms with van der Waals surface area (Å²) in [5.41, 5.74) is 0.564. The molecule has 128 valence electrons. The van der Waals surface area contributed by atoms with Gasteiger partial charge in [0.05, 0.1) is 18.0 Å². The number of ether oxygens (including phenoxy) is 1. The van der Waals surface area contributed by atoms with Gasteiger partial charge >= 0.3 is 0 Å². The molecule has 1 saturated heterocycles. The van der Waals surface area contributed by atoms with E-state index in [9.17, 15) is 17.6 Å². The van der Waals surface area contributed by atoms with Crippen LogP contribution in [0.5, 0.6) is 5.75 Å². The Hall–Kier alpha value is -2.19. The summed E-state index contributed by atoms with van der Waals surface area (Å²) in [6, 6.07) is 8.00. The lowest BCUT2D eigenvalue weighted by atomic mass is 10.2. The van der Waals surface area contributed by atoms with Crippen molar-refractivity contribution in [2.45, 2.75) is 17.9 Å². The van der Waals surface area contributed by atoms with Crippen molar-refractivity contribution in [3.8, 4) is 5.75 Å². The standard InChI is InChI=1S/C16H17FN2O4S/c1-11-6-13(8-16(20)18(11)2)23-14-9-19(10-14)24(21,22)15-5-3-4-12(17)7-15/h3-8,14H,9-10H2,1-2H3. The maximum Gasteiger partial charge on any atom is 0.254 e. The second-order valence-corrected chi connectivity index (χ2v) is 7.69. The number of rotatable bonds is 4. The Morgan fingerprint density at radius 3 is 2.54 bits per heavy atom. The number of pyridine rings is 1. The molecule has 1 aromatic carbocycles. The van der Waals surface area contributed by atoms with Crippen LogP contribution in [-0.2, 0) is 17.1 Å². The Balaban J connectivity index is 1.68. The molecule has 1 aliphatic heterocycles. The van der Waals surface area contributed by atoms with E-state index in [-0.39, 0.29) is 29.6 Å². The molecule has 0 bridgehead atoms. The number of hydrogen-bond donors (Lipinski definition) is 0. The Labute approximate surface area is 139 Å². The molecule has 0 radical (unpaired) electrons. The number of aryl methyl sites for hydroxylation is 1. The Kier molecular flexibility index (Phi) is 4.18. The minimum absolute atomic E-state index is 0.0784. The summed E-state index contributed by atoms with van der Waals surface area (Å²) in [6.07, 6.45) is -0.333. The molecule has 0 spiro atoms. The summed E-state index contributed by atoms with van der Waals surface area (Å²) >= 11 is 0. The molecular formula is C16H17FN2O4S. The smallest absolute Gasteiger partial charge is 0.254 e. The lowest BCUT2D eigenvalue weighted by molar-refractivity contribution is 0.0759. The van der Waals surface area contributed by atoms with Crippen LogP contribution in [0.15, 0.2) is 46.1 Å². The number of benzene rings is 1. The molecular weight excluding hydrogens is 335 g/mol. The van der Waals surface area contributed by atoms with Crippen LogP contribution in [-0.4, -0.2) is 36.5 Å². The Bertz CT molecular complexity index is 933. The summed E-state index contributed by atoms with van der Waals surface area (Å²) in [4.78, 5) is 11.7. The Morgan fingerprint density at radius 1 is 1.21 bits per heavy atom. The fraction of sp³-hybridized carbons (Fsp3) is 0.312. The van der Waals surface area contributed by atoms with Crippen molar-refractivity contribution in [2.24, 2.45) is 7.05 Å². The van der Waals surface area contributed by atoms with E-state index in [2.05, 4.69) is 0 Å². The molecule has 1 aliphatic rings. The zero-order valence-electron chi connectivity index (χ0n) is 13.3. The van der Waals surface area contributed by atoms with Crippen LogP contribution in [0, 0.1) is 12.7 Å². The third kappa shape index (κ3) is 3.07. The predicted molar refractivity (Wildman–Crippen MR) is 86.0 cm³/mol. The van der Waals surface area contributed by atoms with Gasteiger partial charge in [-0.3, -0.25) is 4.79 Å². The summed E-state index contributed by atoms with van der Waals surface area (Å²) < 4.78 is 46.3. The van der Waals surface area contributed by atoms with E-state index in [1.165, 1.54) is 33.1 Å². The molecule has 3 rings (SSSR count). The number of hydrogen-bond acceptors (Lipinski definition) is 4. The predicted octanol–water partition coefficient (Wildman–Crippen LogP) is 1.28. The molecule has 1 aromatic heterocycles. The topological polar surface area (TPSA) is 68.6 Å².